The fourth-order valence-electron chi connectivity index (χ4n) is 1.61. The quantitative estimate of drug-likeness (QED) is 0.842. The molecule has 2 aromatic rings. The van der Waals surface area contributed by atoms with Gasteiger partial charge in [-0.1, -0.05) is 10.6 Å². The van der Waals surface area contributed by atoms with Gasteiger partial charge < -0.3 is 10.4 Å². The molecule has 0 bridgehead atoms. The molecule has 0 atom stereocenters. The third kappa shape index (κ3) is 3.72. The third-order valence-electron chi connectivity index (χ3n) is 2.36. The number of anilines is 1. The van der Waals surface area contributed by atoms with Crippen molar-refractivity contribution in [1.82, 2.24) is 9.59 Å². The van der Waals surface area contributed by atoms with Crippen LogP contribution in [0.3, 0.4) is 0 Å². The Bertz CT molecular complexity index is 666. The minimum Gasteiger partial charge on any atom is -0.478 e. The van der Waals surface area contributed by atoms with Gasteiger partial charge in [-0.25, -0.2) is 4.79 Å². The van der Waals surface area contributed by atoms with Gasteiger partial charge in [-0.2, -0.15) is 0 Å². The van der Waals surface area contributed by atoms with Crippen LogP contribution in [0.5, 0.6) is 0 Å². The summed E-state index contributed by atoms with van der Waals surface area (Å²) in [5, 5.41) is 14.9. The minimum atomic E-state index is -1.02. The summed E-state index contributed by atoms with van der Waals surface area (Å²) >= 11 is 1.01. The normalized spacial score (nSPS) is 10.7. The highest BCUT2D eigenvalue weighted by Gasteiger charge is 2.09. The van der Waals surface area contributed by atoms with Crippen molar-refractivity contribution < 1.29 is 14.7 Å². The van der Waals surface area contributed by atoms with Gasteiger partial charge in [0.15, 0.2) is 0 Å². The number of carbonyl (C=O) groups is 2. The van der Waals surface area contributed by atoms with Crippen LogP contribution in [0.4, 0.5) is 5.69 Å². The van der Waals surface area contributed by atoms with E-state index in [1.165, 1.54) is 12.3 Å². The zero-order valence-corrected chi connectivity index (χ0v) is 11.3. The predicted molar refractivity (Wildman–Crippen MR) is 75.7 cm³/mol. The largest absolute Gasteiger partial charge is 0.478 e. The number of hydrogen-bond donors (Lipinski definition) is 2. The molecule has 0 saturated heterocycles. The van der Waals surface area contributed by atoms with Crippen molar-refractivity contribution in [2.75, 3.05) is 5.32 Å². The number of aromatic nitrogens is 2. The van der Waals surface area contributed by atoms with Crippen LogP contribution in [0, 0.1) is 6.92 Å². The van der Waals surface area contributed by atoms with Crippen LogP contribution in [0.15, 0.2) is 30.5 Å². The van der Waals surface area contributed by atoms with Crippen LogP contribution in [-0.4, -0.2) is 26.6 Å². The molecule has 1 aromatic carbocycles. The van der Waals surface area contributed by atoms with Gasteiger partial charge in [-0.05, 0) is 47.8 Å². The van der Waals surface area contributed by atoms with Crippen molar-refractivity contribution >= 4 is 35.2 Å². The highest BCUT2D eigenvalue weighted by Crippen LogP contribution is 2.17. The molecule has 0 spiro atoms. The average Bonchev–Trinajstić information content (AvgIpc) is 2.89. The zero-order valence-electron chi connectivity index (χ0n) is 10.5. The second kappa shape index (κ2) is 6.07. The standard InChI is InChI=1S/C13H11N3O3S/c1-8-4-9(2-3-12(17)18)6-10(5-8)15-13(19)11-7-14-16-20-11/h2-7H,1H3,(H,15,19)(H,17,18)/b3-2+. The maximum Gasteiger partial charge on any atom is 0.328 e. The van der Waals surface area contributed by atoms with Crippen LogP contribution >= 0.6 is 11.5 Å². The number of aliphatic carboxylic acids is 1. The predicted octanol–water partition coefficient (Wildman–Crippen LogP) is 2.20. The molecule has 0 unspecified atom stereocenters. The second-order valence-electron chi connectivity index (χ2n) is 4.04. The van der Waals surface area contributed by atoms with Crippen molar-refractivity contribution in [1.29, 1.82) is 0 Å². The molecule has 1 heterocycles. The van der Waals surface area contributed by atoms with Crippen LogP contribution in [0.2, 0.25) is 0 Å². The van der Waals surface area contributed by atoms with E-state index in [1.807, 2.05) is 13.0 Å². The molecule has 0 saturated carbocycles. The molecule has 20 heavy (non-hydrogen) atoms. The second-order valence-corrected chi connectivity index (χ2v) is 4.83. The van der Waals surface area contributed by atoms with E-state index in [0.717, 1.165) is 23.2 Å². The molecule has 2 N–H and O–H groups in total. The van der Waals surface area contributed by atoms with Crippen molar-refractivity contribution in [3.63, 3.8) is 0 Å². The van der Waals surface area contributed by atoms with E-state index in [-0.39, 0.29) is 5.91 Å². The lowest BCUT2D eigenvalue weighted by atomic mass is 10.1. The molecule has 7 heteroatoms. The van der Waals surface area contributed by atoms with Crippen LogP contribution in [0.1, 0.15) is 20.8 Å². The summed E-state index contributed by atoms with van der Waals surface area (Å²) in [4.78, 5) is 22.8. The van der Waals surface area contributed by atoms with E-state index in [2.05, 4.69) is 14.9 Å². The van der Waals surface area contributed by atoms with Gasteiger partial charge in [0.25, 0.3) is 5.91 Å². The van der Waals surface area contributed by atoms with Gasteiger partial charge in [0.05, 0.1) is 6.20 Å². The van der Waals surface area contributed by atoms with Crippen molar-refractivity contribution in [3.05, 3.63) is 46.5 Å². The van der Waals surface area contributed by atoms with Gasteiger partial charge in [0, 0.05) is 11.8 Å². The van der Waals surface area contributed by atoms with Crippen LogP contribution < -0.4 is 5.32 Å². The number of carbonyl (C=O) groups excluding carboxylic acids is 1. The molecule has 6 nitrogen and oxygen atoms in total. The van der Waals surface area contributed by atoms with Crippen molar-refractivity contribution in [3.8, 4) is 0 Å². The Morgan fingerprint density at radius 2 is 2.15 bits per heavy atom. The molecular weight excluding hydrogens is 278 g/mol. The Kier molecular flexibility index (Phi) is 4.21. The molecule has 1 aromatic heterocycles. The number of amides is 1. The lowest BCUT2D eigenvalue weighted by molar-refractivity contribution is -0.131. The van der Waals surface area contributed by atoms with Gasteiger partial charge in [-0.15, -0.1) is 5.10 Å². The summed E-state index contributed by atoms with van der Waals surface area (Å²) in [5.41, 5.74) is 2.20. The Morgan fingerprint density at radius 3 is 2.80 bits per heavy atom. The van der Waals surface area contributed by atoms with E-state index in [9.17, 15) is 9.59 Å². The fraction of sp³-hybridized carbons (Fsp3) is 0.0769. The van der Waals surface area contributed by atoms with Gasteiger partial charge in [0.1, 0.15) is 4.88 Å². The maximum absolute atomic E-state index is 11.9. The van der Waals surface area contributed by atoms with E-state index in [1.54, 1.807) is 12.1 Å². The lowest BCUT2D eigenvalue weighted by Crippen LogP contribution is -2.10. The summed E-state index contributed by atoms with van der Waals surface area (Å²) in [6, 6.07) is 5.31. The first-order chi connectivity index (χ1) is 9.54. The molecular formula is C13H11N3O3S. The number of carboxylic acid groups (broad SMARTS) is 1. The van der Waals surface area contributed by atoms with E-state index < -0.39 is 5.97 Å². The molecule has 102 valence electrons. The summed E-state index contributed by atoms with van der Waals surface area (Å²) < 4.78 is 3.62. The van der Waals surface area contributed by atoms with Gasteiger partial charge in [-0.3, -0.25) is 4.79 Å². The zero-order chi connectivity index (χ0) is 14.5. The number of benzene rings is 1. The molecule has 0 aliphatic rings. The number of hydrogen-bond acceptors (Lipinski definition) is 5. The highest BCUT2D eigenvalue weighted by molar-refractivity contribution is 7.07. The summed E-state index contributed by atoms with van der Waals surface area (Å²) in [6.45, 7) is 1.86. The fourth-order valence-corrected chi connectivity index (χ4v) is 2.02. The first kappa shape index (κ1) is 13.9. The van der Waals surface area contributed by atoms with Gasteiger partial charge >= 0.3 is 5.97 Å². The number of carboxylic acids is 1. The SMILES string of the molecule is Cc1cc(/C=C/C(=O)O)cc(NC(=O)c2cnns2)c1. The Morgan fingerprint density at radius 1 is 1.35 bits per heavy atom. The number of aryl methyl sites for hydroxylation is 1. The number of nitrogens with zero attached hydrogens (tertiary/aromatic N) is 2. The van der Waals surface area contributed by atoms with Crippen molar-refractivity contribution in [2.45, 2.75) is 6.92 Å². The molecule has 0 aliphatic heterocycles. The van der Waals surface area contributed by atoms with Crippen LogP contribution in [-0.2, 0) is 4.79 Å². The molecule has 0 aliphatic carbocycles. The lowest BCUT2D eigenvalue weighted by Gasteiger charge is -2.06. The smallest absolute Gasteiger partial charge is 0.328 e. The molecule has 0 radical (unpaired) electrons. The monoisotopic (exact) mass is 289 g/mol. The first-order valence-electron chi connectivity index (χ1n) is 5.66. The summed E-state index contributed by atoms with van der Waals surface area (Å²) in [7, 11) is 0. The third-order valence-corrected chi connectivity index (χ3v) is 3.02. The number of rotatable bonds is 4. The summed E-state index contributed by atoms with van der Waals surface area (Å²) in [5.74, 6) is -1.31. The van der Waals surface area contributed by atoms with E-state index in [0.29, 0.717) is 16.1 Å². The Hall–Kier alpha value is -2.54. The van der Waals surface area contributed by atoms with Gasteiger partial charge in [0.2, 0.25) is 0 Å². The highest BCUT2D eigenvalue weighted by atomic mass is 32.1. The topological polar surface area (TPSA) is 92.2 Å². The first-order valence-corrected chi connectivity index (χ1v) is 6.43. The summed E-state index contributed by atoms with van der Waals surface area (Å²) in [6.07, 6.45) is 3.91. The molecule has 0 fully saturated rings. The number of nitrogens with one attached hydrogen (secondary N) is 1. The Balaban J connectivity index is 2.20. The molecule has 2 rings (SSSR count). The van der Waals surface area contributed by atoms with E-state index in [4.69, 9.17) is 5.11 Å². The van der Waals surface area contributed by atoms with E-state index >= 15 is 0 Å². The Labute approximate surface area is 118 Å². The average molecular weight is 289 g/mol. The molecule has 1 amide bonds. The minimum absolute atomic E-state index is 0.293. The maximum atomic E-state index is 11.9. The van der Waals surface area contributed by atoms with Crippen molar-refractivity contribution in [2.24, 2.45) is 0 Å². The van der Waals surface area contributed by atoms with Crippen LogP contribution in [0.25, 0.3) is 6.08 Å².